The van der Waals surface area contributed by atoms with Gasteiger partial charge in [0.25, 0.3) is 0 Å². The van der Waals surface area contributed by atoms with Crippen molar-refractivity contribution in [3.8, 4) is 0 Å². The van der Waals surface area contributed by atoms with Crippen molar-refractivity contribution >= 4 is 13.8 Å². The lowest BCUT2D eigenvalue weighted by atomic mass is 10.1. The number of hydrogen-bond acceptors (Lipinski definition) is 6. The van der Waals surface area contributed by atoms with E-state index in [-0.39, 0.29) is 25.6 Å². The molecular weight excluding hydrogens is 367 g/mol. The van der Waals surface area contributed by atoms with Gasteiger partial charge in [-0.1, -0.05) is 23.3 Å². The molecule has 0 aromatic carbocycles. The Morgan fingerprint density at radius 2 is 1.48 bits per heavy atom. The summed E-state index contributed by atoms with van der Waals surface area (Å²) >= 11 is 0. The summed E-state index contributed by atoms with van der Waals surface area (Å²) in [5, 5.41) is 0. The SMILES string of the molecule is CCOC(=O)/C=C(/CC/C=C(/C)CCC=C(C)C)OP(=O)(OCC)OCC. The molecule has 0 N–H and O–H groups in total. The normalized spacial score (nSPS) is 12.7. The summed E-state index contributed by atoms with van der Waals surface area (Å²) in [4.78, 5) is 11.8. The van der Waals surface area contributed by atoms with Crippen molar-refractivity contribution in [1.29, 1.82) is 0 Å². The molecule has 0 aromatic rings. The molecule has 27 heavy (non-hydrogen) atoms. The Balaban J connectivity index is 5.03. The average molecular weight is 402 g/mol. The van der Waals surface area contributed by atoms with Gasteiger partial charge < -0.3 is 9.26 Å². The minimum atomic E-state index is -3.75. The fourth-order valence-corrected chi connectivity index (χ4v) is 3.40. The lowest BCUT2D eigenvalue weighted by Gasteiger charge is -2.18. The van der Waals surface area contributed by atoms with Gasteiger partial charge >= 0.3 is 13.8 Å². The van der Waals surface area contributed by atoms with E-state index in [1.807, 2.05) is 0 Å². The predicted octanol–water partition coefficient (Wildman–Crippen LogP) is 6.10. The molecule has 0 spiro atoms. The van der Waals surface area contributed by atoms with Crippen LogP contribution in [-0.4, -0.2) is 25.8 Å². The summed E-state index contributed by atoms with van der Waals surface area (Å²) in [5.41, 5.74) is 2.55. The molecule has 0 rings (SSSR count). The molecule has 7 heteroatoms. The van der Waals surface area contributed by atoms with Gasteiger partial charge in [-0.15, -0.1) is 0 Å². The summed E-state index contributed by atoms with van der Waals surface area (Å²) < 4.78 is 33.3. The van der Waals surface area contributed by atoms with Crippen LogP contribution in [0.4, 0.5) is 0 Å². The number of rotatable bonds is 14. The van der Waals surface area contributed by atoms with Crippen molar-refractivity contribution in [1.82, 2.24) is 0 Å². The highest BCUT2D eigenvalue weighted by Crippen LogP contribution is 2.51. The van der Waals surface area contributed by atoms with Crippen LogP contribution in [0.1, 0.15) is 67.2 Å². The van der Waals surface area contributed by atoms with E-state index >= 15 is 0 Å². The molecule has 6 nitrogen and oxygen atoms in total. The first kappa shape index (κ1) is 25.6. The first-order valence-corrected chi connectivity index (χ1v) is 11.0. The Kier molecular flexibility index (Phi) is 13.9. The molecule has 0 amide bonds. The first-order valence-electron chi connectivity index (χ1n) is 9.51. The Morgan fingerprint density at radius 1 is 0.889 bits per heavy atom. The number of ether oxygens (including phenoxy) is 1. The maximum Gasteiger partial charge on any atom is 0.529 e. The fourth-order valence-electron chi connectivity index (χ4n) is 2.16. The zero-order valence-corrected chi connectivity index (χ0v) is 18.5. The predicted molar refractivity (Wildman–Crippen MR) is 108 cm³/mol. The zero-order chi connectivity index (χ0) is 20.7. The van der Waals surface area contributed by atoms with Crippen LogP contribution in [0.3, 0.4) is 0 Å². The van der Waals surface area contributed by atoms with Crippen LogP contribution in [0.5, 0.6) is 0 Å². The van der Waals surface area contributed by atoms with Crippen molar-refractivity contribution in [3.05, 3.63) is 35.1 Å². The summed E-state index contributed by atoms with van der Waals surface area (Å²) in [6.07, 6.45) is 8.50. The number of esters is 1. The lowest BCUT2D eigenvalue weighted by molar-refractivity contribution is -0.137. The van der Waals surface area contributed by atoms with E-state index in [9.17, 15) is 9.36 Å². The van der Waals surface area contributed by atoms with Crippen LogP contribution >= 0.6 is 7.82 Å². The van der Waals surface area contributed by atoms with Gasteiger partial charge in [-0.2, -0.15) is 0 Å². The van der Waals surface area contributed by atoms with E-state index in [0.717, 1.165) is 12.8 Å². The molecule has 156 valence electrons. The van der Waals surface area contributed by atoms with Crippen LogP contribution in [-0.2, 0) is 27.7 Å². The molecule has 0 radical (unpaired) electrons. The van der Waals surface area contributed by atoms with Gasteiger partial charge in [0, 0.05) is 6.42 Å². The number of phosphoric ester groups is 1. The van der Waals surface area contributed by atoms with E-state index in [4.69, 9.17) is 18.3 Å². The zero-order valence-electron chi connectivity index (χ0n) is 17.6. The number of phosphoric acid groups is 1. The van der Waals surface area contributed by atoms with Crippen LogP contribution < -0.4 is 0 Å². The molecule has 0 aromatic heterocycles. The maximum atomic E-state index is 12.6. The third-order valence-corrected chi connectivity index (χ3v) is 4.95. The minimum Gasteiger partial charge on any atom is -0.463 e. The van der Waals surface area contributed by atoms with Gasteiger partial charge in [-0.05, 0) is 60.8 Å². The molecular formula is C20H35O6P. The highest BCUT2D eigenvalue weighted by Gasteiger charge is 2.28. The summed E-state index contributed by atoms with van der Waals surface area (Å²) in [6.45, 7) is 11.9. The Hall–Kier alpha value is -1.36. The second-order valence-electron chi connectivity index (χ2n) is 6.15. The van der Waals surface area contributed by atoms with Gasteiger partial charge in [0.05, 0.1) is 25.9 Å². The number of carbonyl (C=O) groups is 1. The monoisotopic (exact) mass is 402 g/mol. The molecule has 0 fully saturated rings. The van der Waals surface area contributed by atoms with Crippen molar-refractivity contribution in [3.63, 3.8) is 0 Å². The van der Waals surface area contributed by atoms with E-state index in [2.05, 4.69) is 32.9 Å². The van der Waals surface area contributed by atoms with E-state index in [1.165, 1.54) is 17.2 Å². The van der Waals surface area contributed by atoms with Gasteiger partial charge in [0.2, 0.25) is 0 Å². The molecule has 0 atom stereocenters. The first-order chi connectivity index (χ1) is 12.8. The van der Waals surface area contributed by atoms with Crippen molar-refractivity contribution < 1.29 is 27.7 Å². The highest BCUT2D eigenvalue weighted by molar-refractivity contribution is 7.48. The second-order valence-corrected chi connectivity index (χ2v) is 7.74. The smallest absolute Gasteiger partial charge is 0.463 e. The quantitative estimate of drug-likeness (QED) is 0.115. The average Bonchev–Trinajstić information content (AvgIpc) is 2.54. The molecule has 0 aliphatic rings. The van der Waals surface area contributed by atoms with E-state index in [0.29, 0.717) is 12.8 Å². The molecule has 0 unspecified atom stereocenters. The van der Waals surface area contributed by atoms with Gasteiger partial charge in [0.15, 0.2) is 0 Å². The molecule has 0 aliphatic heterocycles. The van der Waals surface area contributed by atoms with Crippen LogP contribution in [0, 0.1) is 0 Å². The molecule has 0 bridgehead atoms. The van der Waals surface area contributed by atoms with Gasteiger partial charge in [0.1, 0.15) is 5.76 Å². The van der Waals surface area contributed by atoms with Crippen LogP contribution in [0.2, 0.25) is 0 Å². The van der Waals surface area contributed by atoms with E-state index in [1.54, 1.807) is 20.8 Å². The Labute approximate surface area is 164 Å². The van der Waals surface area contributed by atoms with Gasteiger partial charge in [-0.3, -0.25) is 9.05 Å². The third-order valence-electron chi connectivity index (χ3n) is 3.34. The van der Waals surface area contributed by atoms with Crippen molar-refractivity contribution in [2.24, 2.45) is 0 Å². The minimum absolute atomic E-state index is 0.174. The Bertz CT molecular complexity index is 563. The molecule has 0 aliphatic carbocycles. The third kappa shape index (κ3) is 13.5. The number of allylic oxidation sites excluding steroid dienone is 5. The highest BCUT2D eigenvalue weighted by atomic mass is 31.2. The lowest BCUT2D eigenvalue weighted by Crippen LogP contribution is -2.05. The van der Waals surface area contributed by atoms with Crippen LogP contribution in [0.25, 0.3) is 0 Å². The van der Waals surface area contributed by atoms with E-state index < -0.39 is 13.8 Å². The maximum absolute atomic E-state index is 12.6. The standard InChI is InChI=1S/C20H35O6P/c1-7-23-20(21)16-19(26-27(22,24-8-2)25-9-3)15-11-14-18(6)13-10-12-17(4)5/h12,14,16H,7-11,13,15H2,1-6H3/b18-14-,19-16-. The van der Waals surface area contributed by atoms with Crippen molar-refractivity contribution in [2.45, 2.75) is 67.2 Å². The number of hydrogen-bond donors (Lipinski definition) is 0. The summed E-state index contributed by atoms with van der Waals surface area (Å²) in [6, 6.07) is 0. The molecule has 0 saturated heterocycles. The van der Waals surface area contributed by atoms with Crippen LogP contribution in [0.15, 0.2) is 35.1 Å². The molecule has 0 heterocycles. The largest absolute Gasteiger partial charge is 0.529 e. The van der Waals surface area contributed by atoms with Gasteiger partial charge in [-0.25, -0.2) is 9.36 Å². The molecule has 0 saturated carbocycles. The number of carbonyl (C=O) groups excluding carboxylic acids is 1. The summed E-state index contributed by atoms with van der Waals surface area (Å²) in [5.74, 6) is -0.316. The Morgan fingerprint density at radius 3 is 2.00 bits per heavy atom. The topological polar surface area (TPSA) is 71.1 Å². The second kappa shape index (κ2) is 14.7. The summed E-state index contributed by atoms with van der Waals surface area (Å²) in [7, 11) is -3.75. The van der Waals surface area contributed by atoms with Crippen molar-refractivity contribution in [2.75, 3.05) is 19.8 Å². The fraction of sp³-hybridized carbons (Fsp3) is 0.650.